The molecule has 10 nitrogen and oxygen atoms in total. The largest absolute Gasteiger partial charge is 0.480 e. The van der Waals surface area contributed by atoms with Gasteiger partial charge in [0.25, 0.3) is 11.6 Å². The average Bonchev–Trinajstić information content (AvgIpc) is 3.15. The Morgan fingerprint density at radius 3 is 2.70 bits per heavy atom. The van der Waals surface area contributed by atoms with Gasteiger partial charge in [-0.3, -0.25) is 19.7 Å². The fourth-order valence-electron chi connectivity index (χ4n) is 2.39. The third kappa shape index (κ3) is 3.72. The fraction of sp³-hybridized carbons (Fsp3) is 0.0625. The predicted octanol–water partition coefficient (Wildman–Crippen LogP) is 2.59. The van der Waals surface area contributed by atoms with Gasteiger partial charge in [0.1, 0.15) is 23.8 Å². The number of nitro groups is 1. The Bertz CT molecular complexity index is 1010. The van der Waals surface area contributed by atoms with Crippen LogP contribution in [0.4, 0.5) is 10.5 Å². The number of benzene rings is 1. The lowest BCUT2D eigenvalue weighted by Crippen LogP contribution is -2.35. The Kier molecular flexibility index (Phi) is 4.77. The Balaban J connectivity index is 1.86. The summed E-state index contributed by atoms with van der Waals surface area (Å²) in [4.78, 5) is 45.3. The van der Waals surface area contributed by atoms with Gasteiger partial charge in [-0.1, -0.05) is 0 Å². The molecular weight excluding hydrogens is 426 g/mol. The van der Waals surface area contributed by atoms with E-state index in [1.807, 2.05) is 0 Å². The van der Waals surface area contributed by atoms with Gasteiger partial charge in [0.2, 0.25) is 0 Å². The molecule has 0 aliphatic carbocycles. The first-order valence-corrected chi connectivity index (χ1v) is 8.16. The van der Waals surface area contributed by atoms with Crippen LogP contribution in [0.2, 0.25) is 0 Å². The van der Waals surface area contributed by atoms with Gasteiger partial charge in [-0.05, 0) is 34.1 Å². The number of rotatable bonds is 5. The molecule has 0 radical (unpaired) electrons. The van der Waals surface area contributed by atoms with Crippen LogP contribution in [0.15, 0.2) is 44.9 Å². The second kappa shape index (κ2) is 7.03. The lowest BCUT2D eigenvalue weighted by Gasteiger charge is -2.06. The van der Waals surface area contributed by atoms with Crippen molar-refractivity contribution in [2.45, 2.75) is 0 Å². The summed E-state index contributed by atoms with van der Waals surface area (Å²) in [5.74, 6) is -1.49. The van der Waals surface area contributed by atoms with E-state index in [0.29, 0.717) is 20.7 Å². The van der Waals surface area contributed by atoms with Crippen molar-refractivity contribution in [3.63, 3.8) is 0 Å². The van der Waals surface area contributed by atoms with Crippen molar-refractivity contribution in [1.29, 1.82) is 0 Å². The molecule has 1 fully saturated rings. The molecule has 2 aromatic rings. The number of carbonyl (C=O) groups excluding carboxylic acids is 2. The molecule has 1 saturated heterocycles. The maximum Gasteiger partial charge on any atom is 0.329 e. The van der Waals surface area contributed by atoms with Gasteiger partial charge >= 0.3 is 12.0 Å². The van der Waals surface area contributed by atoms with Gasteiger partial charge in [0.15, 0.2) is 0 Å². The molecule has 0 bridgehead atoms. The molecule has 138 valence electrons. The van der Waals surface area contributed by atoms with Crippen molar-refractivity contribution in [2.24, 2.45) is 0 Å². The second-order valence-corrected chi connectivity index (χ2v) is 6.25. The number of nitrogens with one attached hydrogen (secondary N) is 1. The predicted molar refractivity (Wildman–Crippen MR) is 94.4 cm³/mol. The summed E-state index contributed by atoms with van der Waals surface area (Å²) < 4.78 is 6.05. The molecule has 0 unspecified atom stereocenters. The van der Waals surface area contributed by atoms with Gasteiger partial charge < -0.3 is 14.8 Å². The highest BCUT2D eigenvalue weighted by atomic mass is 79.9. The van der Waals surface area contributed by atoms with E-state index in [1.54, 1.807) is 6.07 Å². The Morgan fingerprint density at radius 1 is 1.33 bits per heavy atom. The SMILES string of the molecule is O=C(O)CN1C(=O)N/C(=C\c2ccc(-c3ccc([N+](=O)[O-])cc3Br)o2)C1=O. The second-order valence-electron chi connectivity index (χ2n) is 5.40. The van der Waals surface area contributed by atoms with Crippen molar-refractivity contribution in [1.82, 2.24) is 10.2 Å². The normalized spacial score (nSPS) is 15.3. The van der Waals surface area contributed by atoms with E-state index in [2.05, 4.69) is 21.2 Å². The summed E-state index contributed by atoms with van der Waals surface area (Å²) in [6.07, 6.45) is 1.27. The molecule has 1 aliphatic rings. The lowest BCUT2D eigenvalue weighted by atomic mass is 10.1. The number of hydrogen-bond acceptors (Lipinski definition) is 6. The van der Waals surface area contributed by atoms with Gasteiger partial charge in [0, 0.05) is 28.2 Å². The Labute approximate surface area is 159 Å². The van der Waals surface area contributed by atoms with Crippen LogP contribution in [-0.2, 0) is 9.59 Å². The zero-order valence-electron chi connectivity index (χ0n) is 13.3. The Hall–Kier alpha value is -3.47. The highest BCUT2D eigenvalue weighted by Gasteiger charge is 2.35. The van der Waals surface area contributed by atoms with E-state index < -0.39 is 29.4 Å². The van der Waals surface area contributed by atoms with E-state index in [1.165, 1.54) is 30.3 Å². The number of nitrogens with zero attached hydrogens (tertiary/aromatic N) is 2. The minimum absolute atomic E-state index is 0.0858. The molecule has 1 aliphatic heterocycles. The van der Waals surface area contributed by atoms with Crippen LogP contribution in [0.3, 0.4) is 0 Å². The summed E-state index contributed by atoms with van der Waals surface area (Å²) in [6.45, 7) is -0.749. The average molecular weight is 436 g/mol. The number of hydrogen-bond donors (Lipinski definition) is 2. The lowest BCUT2D eigenvalue weighted by molar-refractivity contribution is -0.384. The molecule has 3 rings (SSSR count). The minimum Gasteiger partial charge on any atom is -0.480 e. The smallest absolute Gasteiger partial charge is 0.329 e. The summed E-state index contributed by atoms with van der Waals surface area (Å²) in [5.41, 5.74) is 0.349. The molecular formula is C16H10BrN3O7. The highest BCUT2D eigenvalue weighted by molar-refractivity contribution is 9.10. The van der Waals surface area contributed by atoms with Crippen molar-refractivity contribution in [3.05, 3.63) is 56.4 Å². The van der Waals surface area contributed by atoms with Gasteiger partial charge in [-0.2, -0.15) is 0 Å². The standard InChI is InChI=1S/C16H10BrN3O7/c17-11-5-8(20(25)26)1-3-10(11)13-4-2-9(27-13)6-12-15(23)19(7-14(21)22)16(24)18-12/h1-6H,7H2,(H,18,24)(H,21,22)/b12-6-. The van der Waals surface area contributed by atoms with Crippen LogP contribution in [0.25, 0.3) is 17.4 Å². The molecule has 1 aromatic carbocycles. The van der Waals surface area contributed by atoms with Crippen LogP contribution in [0.5, 0.6) is 0 Å². The fourth-order valence-corrected chi connectivity index (χ4v) is 2.95. The maximum absolute atomic E-state index is 12.1. The maximum atomic E-state index is 12.1. The minimum atomic E-state index is -1.32. The van der Waals surface area contributed by atoms with E-state index in [0.717, 1.165) is 0 Å². The van der Waals surface area contributed by atoms with Crippen molar-refractivity contribution >= 4 is 45.6 Å². The van der Waals surface area contributed by atoms with Crippen molar-refractivity contribution in [3.8, 4) is 11.3 Å². The van der Waals surface area contributed by atoms with Crippen LogP contribution in [0, 0.1) is 10.1 Å². The number of furan rings is 1. The Morgan fingerprint density at radius 2 is 2.07 bits per heavy atom. The molecule has 0 saturated carbocycles. The quantitative estimate of drug-likeness (QED) is 0.317. The first kappa shape index (κ1) is 18.3. The van der Waals surface area contributed by atoms with E-state index >= 15 is 0 Å². The van der Waals surface area contributed by atoms with E-state index in [-0.39, 0.29) is 17.1 Å². The molecule has 1 aromatic heterocycles. The highest BCUT2D eigenvalue weighted by Crippen LogP contribution is 2.33. The first-order chi connectivity index (χ1) is 12.8. The topological polar surface area (TPSA) is 143 Å². The summed E-state index contributed by atoms with van der Waals surface area (Å²) >= 11 is 3.24. The molecule has 3 amide bonds. The number of carboxylic acid groups (broad SMARTS) is 1. The van der Waals surface area contributed by atoms with E-state index in [9.17, 15) is 24.5 Å². The number of urea groups is 1. The number of aliphatic carboxylic acids is 1. The zero-order valence-corrected chi connectivity index (χ0v) is 14.9. The van der Waals surface area contributed by atoms with E-state index in [4.69, 9.17) is 9.52 Å². The number of halogens is 1. The molecule has 27 heavy (non-hydrogen) atoms. The number of carbonyl (C=O) groups is 3. The first-order valence-electron chi connectivity index (χ1n) is 7.37. The van der Waals surface area contributed by atoms with Gasteiger partial charge in [-0.25, -0.2) is 9.69 Å². The molecule has 2 heterocycles. The molecule has 0 atom stereocenters. The number of carboxylic acids is 1. The van der Waals surface area contributed by atoms with Crippen LogP contribution < -0.4 is 5.32 Å². The number of amides is 3. The molecule has 0 spiro atoms. The number of imide groups is 1. The monoisotopic (exact) mass is 435 g/mol. The third-order valence-electron chi connectivity index (χ3n) is 3.60. The number of non-ortho nitro benzene ring substituents is 1. The van der Waals surface area contributed by atoms with Crippen LogP contribution >= 0.6 is 15.9 Å². The van der Waals surface area contributed by atoms with Gasteiger partial charge in [-0.15, -0.1) is 0 Å². The number of nitro benzene ring substituents is 1. The summed E-state index contributed by atoms with van der Waals surface area (Å²) in [7, 11) is 0. The molecule has 2 N–H and O–H groups in total. The summed E-state index contributed by atoms with van der Waals surface area (Å²) in [6, 6.07) is 6.46. The van der Waals surface area contributed by atoms with Crippen molar-refractivity contribution < 1.29 is 28.8 Å². The van der Waals surface area contributed by atoms with Crippen LogP contribution in [0.1, 0.15) is 5.76 Å². The molecule has 11 heteroatoms. The third-order valence-corrected chi connectivity index (χ3v) is 4.25. The van der Waals surface area contributed by atoms with Crippen molar-refractivity contribution in [2.75, 3.05) is 6.54 Å². The summed E-state index contributed by atoms with van der Waals surface area (Å²) in [5, 5.41) is 21.8. The van der Waals surface area contributed by atoms with Crippen LogP contribution in [-0.4, -0.2) is 39.4 Å². The van der Waals surface area contributed by atoms with Gasteiger partial charge in [0.05, 0.1) is 4.92 Å². The zero-order chi connectivity index (χ0) is 19.7.